The Bertz CT molecular complexity index is 333. The van der Waals surface area contributed by atoms with Crippen LogP contribution in [0.4, 0.5) is 9.18 Å². The summed E-state index contributed by atoms with van der Waals surface area (Å²) in [5.41, 5.74) is 5.32. The summed E-state index contributed by atoms with van der Waals surface area (Å²) in [5, 5.41) is 30.4. The van der Waals surface area contributed by atoms with Gasteiger partial charge in [-0.1, -0.05) is 0 Å². The Hall–Kier alpha value is -1.00. The lowest BCUT2D eigenvalue weighted by Crippen LogP contribution is -2.65. The Morgan fingerprint density at radius 2 is 2.17 bits per heavy atom. The van der Waals surface area contributed by atoms with Gasteiger partial charge in [-0.15, -0.1) is 0 Å². The number of nitrogens with zero attached hydrogens (tertiary/aromatic N) is 1. The Morgan fingerprint density at radius 1 is 1.50 bits per heavy atom. The topological polar surface area (TPSA) is 128 Å². The molecule has 0 bridgehead atoms. The molecule has 0 aromatic carbocycles. The molecule has 2 rings (SSSR count). The lowest BCUT2D eigenvalue weighted by molar-refractivity contribution is -0.0907. The normalized spacial score (nSPS) is 45.2. The molecule has 18 heavy (non-hydrogen) atoms. The maximum absolute atomic E-state index is 13.4. The van der Waals surface area contributed by atoms with E-state index in [0.717, 1.165) is 4.90 Å². The molecule has 6 unspecified atom stereocenters. The minimum atomic E-state index is -1.51. The molecular formula is C9H16FN3O5. The van der Waals surface area contributed by atoms with E-state index in [4.69, 9.17) is 15.6 Å². The minimum Gasteiger partial charge on any atom is -0.394 e. The second kappa shape index (κ2) is 4.94. The van der Waals surface area contributed by atoms with Gasteiger partial charge in [0.15, 0.2) is 12.4 Å². The molecule has 2 heterocycles. The SMILES string of the molecule is NC1NC(=O)N(C2OC(CO)C(O)C2O)CC1F. The summed E-state index contributed by atoms with van der Waals surface area (Å²) in [7, 11) is 0. The fourth-order valence-electron chi connectivity index (χ4n) is 2.06. The third-order valence-corrected chi connectivity index (χ3v) is 3.14. The average molecular weight is 265 g/mol. The number of hydrogen-bond acceptors (Lipinski definition) is 6. The zero-order chi connectivity index (χ0) is 13.4. The molecule has 2 saturated heterocycles. The number of carbonyl (C=O) groups is 1. The molecule has 0 radical (unpaired) electrons. The Kier molecular flexibility index (Phi) is 3.69. The first-order valence-electron chi connectivity index (χ1n) is 5.55. The van der Waals surface area contributed by atoms with E-state index >= 15 is 0 Å². The van der Waals surface area contributed by atoms with Crippen LogP contribution in [0.1, 0.15) is 0 Å². The monoisotopic (exact) mass is 265 g/mol. The number of amides is 2. The Balaban J connectivity index is 2.10. The molecule has 0 saturated carbocycles. The molecule has 0 aromatic heterocycles. The molecule has 104 valence electrons. The molecule has 0 spiro atoms. The van der Waals surface area contributed by atoms with Crippen LogP contribution in [-0.2, 0) is 4.74 Å². The molecule has 2 fully saturated rings. The van der Waals surface area contributed by atoms with E-state index in [-0.39, 0.29) is 6.54 Å². The van der Waals surface area contributed by atoms with Gasteiger partial charge in [-0.25, -0.2) is 9.18 Å². The van der Waals surface area contributed by atoms with Crippen molar-refractivity contribution < 1.29 is 29.2 Å². The second-order valence-corrected chi connectivity index (χ2v) is 4.37. The highest BCUT2D eigenvalue weighted by molar-refractivity contribution is 5.75. The van der Waals surface area contributed by atoms with E-state index in [1.165, 1.54) is 0 Å². The fraction of sp³-hybridized carbons (Fsp3) is 0.889. The van der Waals surface area contributed by atoms with Crippen LogP contribution in [0, 0.1) is 0 Å². The number of halogens is 1. The van der Waals surface area contributed by atoms with E-state index in [1.807, 2.05) is 0 Å². The first-order chi connectivity index (χ1) is 8.45. The third kappa shape index (κ3) is 2.15. The van der Waals surface area contributed by atoms with E-state index in [1.54, 1.807) is 0 Å². The molecule has 0 aliphatic carbocycles. The number of aliphatic hydroxyl groups excluding tert-OH is 3. The van der Waals surface area contributed by atoms with Gasteiger partial charge in [0.2, 0.25) is 0 Å². The van der Waals surface area contributed by atoms with Gasteiger partial charge in [0.25, 0.3) is 0 Å². The summed E-state index contributed by atoms with van der Waals surface area (Å²) in [6, 6.07) is -0.689. The standard InChI is InChI=1S/C9H16FN3O5/c10-3-1-13(9(17)12-7(3)11)8-6(16)5(15)4(2-14)18-8/h3-8,14-16H,1-2,11H2,(H,12,17). The summed E-state index contributed by atoms with van der Waals surface area (Å²) in [4.78, 5) is 12.5. The Morgan fingerprint density at radius 3 is 2.72 bits per heavy atom. The predicted octanol–water partition coefficient (Wildman–Crippen LogP) is -2.93. The highest BCUT2D eigenvalue weighted by Crippen LogP contribution is 2.25. The van der Waals surface area contributed by atoms with Crippen LogP contribution in [-0.4, -0.2) is 76.3 Å². The number of nitrogens with two attached hydrogens (primary N) is 1. The highest BCUT2D eigenvalue weighted by atomic mass is 19.1. The molecule has 8 nitrogen and oxygen atoms in total. The first-order valence-corrected chi connectivity index (χ1v) is 5.55. The van der Waals surface area contributed by atoms with E-state index in [0.29, 0.717) is 0 Å². The number of hydrogen-bond donors (Lipinski definition) is 5. The van der Waals surface area contributed by atoms with Gasteiger partial charge >= 0.3 is 6.03 Å². The smallest absolute Gasteiger partial charge is 0.320 e. The van der Waals surface area contributed by atoms with Crippen LogP contribution in [0.15, 0.2) is 0 Å². The molecule has 6 N–H and O–H groups in total. The van der Waals surface area contributed by atoms with Crippen LogP contribution in [0.25, 0.3) is 0 Å². The van der Waals surface area contributed by atoms with Crippen LogP contribution in [0.2, 0.25) is 0 Å². The largest absolute Gasteiger partial charge is 0.394 e. The summed E-state index contributed by atoms with van der Waals surface area (Å²) in [5.74, 6) is 0. The highest BCUT2D eigenvalue weighted by Gasteiger charge is 2.48. The van der Waals surface area contributed by atoms with Crippen LogP contribution in [0.3, 0.4) is 0 Å². The summed E-state index contributed by atoms with van der Waals surface area (Å²) < 4.78 is 18.6. The number of aliphatic hydroxyl groups is 3. The number of ether oxygens (including phenoxy) is 1. The lowest BCUT2D eigenvalue weighted by atomic mass is 10.1. The van der Waals surface area contributed by atoms with Crippen molar-refractivity contribution >= 4 is 6.03 Å². The number of rotatable bonds is 2. The van der Waals surface area contributed by atoms with Crippen molar-refractivity contribution in [2.75, 3.05) is 13.2 Å². The van der Waals surface area contributed by atoms with Gasteiger partial charge < -0.3 is 31.1 Å². The predicted molar refractivity (Wildman–Crippen MR) is 55.9 cm³/mol. The Labute approximate surface area is 102 Å². The van der Waals surface area contributed by atoms with Crippen molar-refractivity contribution in [3.05, 3.63) is 0 Å². The molecule has 2 aliphatic rings. The molecule has 2 aliphatic heterocycles. The molecule has 0 aromatic rings. The summed E-state index contributed by atoms with van der Waals surface area (Å²) >= 11 is 0. The van der Waals surface area contributed by atoms with Crippen molar-refractivity contribution in [2.24, 2.45) is 5.73 Å². The van der Waals surface area contributed by atoms with Crippen molar-refractivity contribution in [1.82, 2.24) is 10.2 Å². The van der Waals surface area contributed by atoms with Crippen LogP contribution >= 0.6 is 0 Å². The van der Waals surface area contributed by atoms with Gasteiger partial charge in [-0.3, -0.25) is 4.90 Å². The van der Waals surface area contributed by atoms with Crippen molar-refractivity contribution in [2.45, 2.75) is 36.9 Å². The van der Waals surface area contributed by atoms with Crippen LogP contribution < -0.4 is 11.1 Å². The fourth-order valence-corrected chi connectivity index (χ4v) is 2.06. The summed E-state index contributed by atoms with van der Waals surface area (Å²) in [6.07, 6.45) is -7.57. The van der Waals surface area contributed by atoms with Gasteiger partial charge in [0.05, 0.1) is 13.2 Å². The second-order valence-electron chi connectivity index (χ2n) is 4.37. The van der Waals surface area contributed by atoms with Gasteiger partial charge in [-0.05, 0) is 0 Å². The molecule has 2 amide bonds. The van der Waals surface area contributed by atoms with Gasteiger partial charge in [-0.2, -0.15) is 0 Å². The zero-order valence-electron chi connectivity index (χ0n) is 9.44. The maximum Gasteiger partial charge on any atom is 0.320 e. The van der Waals surface area contributed by atoms with E-state index < -0.39 is 49.5 Å². The minimum absolute atomic E-state index is 0.348. The zero-order valence-corrected chi connectivity index (χ0v) is 9.44. The maximum atomic E-state index is 13.4. The first kappa shape index (κ1) is 13.4. The van der Waals surface area contributed by atoms with Crippen molar-refractivity contribution in [3.63, 3.8) is 0 Å². The molecule has 9 heteroatoms. The molecule has 6 atom stereocenters. The third-order valence-electron chi connectivity index (χ3n) is 3.14. The lowest BCUT2D eigenvalue weighted by Gasteiger charge is -2.37. The van der Waals surface area contributed by atoms with Gasteiger partial charge in [0, 0.05) is 0 Å². The van der Waals surface area contributed by atoms with Crippen LogP contribution in [0.5, 0.6) is 0 Å². The average Bonchev–Trinajstić information content (AvgIpc) is 2.61. The van der Waals surface area contributed by atoms with E-state index in [2.05, 4.69) is 5.32 Å². The number of alkyl halides is 1. The number of carbonyl (C=O) groups excluding carboxylic acids is 1. The van der Waals surface area contributed by atoms with Crippen molar-refractivity contribution in [1.29, 1.82) is 0 Å². The quantitative estimate of drug-likeness (QED) is 0.364. The molecular weight excluding hydrogens is 249 g/mol. The van der Waals surface area contributed by atoms with E-state index in [9.17, 15) is 19.4 Å². The van der Waals surface area contributed by atoms with Gasteiger partial charge in [0.1, 0.15) is 24.5 Å². The summed E-state index contributed by atoms with van der Waals surface area (Å²) in [6.45, 7) is -0.859. The number of urea groups is 1. The van der Waals surface area contributed by atoms with Crippen molar-refractivity contribution in [3.8, 4) is 0 Å². The number of nitrogens with one attached hydrogen (secondary N) is 1.